The summed E-state index contributed by atoms with van der Waals surface area (Å²) in [7, 11) is 0. The number of fused-ring (bicyclic) bond motifs is 1. The molecule has 0 aliphatic heterocycles. The van der Waals surface area contributed by atoms with Crippen molar-refractivity contribution in [2.45, 2.75) is 13.8 Å². The van der Waals surface area contributed by atoms with Crippen molar-refractivity contribution in [2.24, 2.45) is 0 Å². The third-order valence-corrected chi connectivity index (χ3v) is 2.27. The second-order valence-electron chi connectivity index (χ2n) is 3.31. The molecule has 1 heterocycles. The van der Waals surface area contributed by atoms with Crippen LogP contribution in [0.2, 0.25) is 0 Å². The lowest BCUT2D eigenvalue weighted by atomic mass is 10.1. The number of rotatable bonds is 1. The van der Waals surface area contributed by atoms with Gasteiger partial charge >= 0.3 is 0 Å². The smallest absolute Gasteiger partial charge is 0.167 e. The summed E-state index contributed by atoms with van der Waals surface area (Å²) < 4.78 is 5.24. The van der Waals surface area contributed by atoms with Crippen molar-refractivity contribution in [1.29, 1.82) is 0 Å². The number of aryl methyl sites for hydroxylation is 1. The molecule has 1 N–H and O–H groups in total. The molecule has 0 atom stereocenters. The maximum atomic E-state index is 11.3. The maximum absolute atomic E-state index is 11.3. The van der Waals surface area contributed by atoms with Crippen molar-refractivity contribution >= 4 is 16.8 Å². The van der Waals surface area contributed by atoms with Gasteiger partial charge in [0.25, 0.3) is 0 Å². The van der Waals surface area contributed by atoms with Gasteiger partial charge in [-0.25, -0.2) is 0 Å². The number of benzene rings is 1. The second kappa shape index (κ2) is 2.87. The first-order valence-electron chi connectivity index (χ1n) is 4.32. The summed E-state index contributed by atoms with van der Waals surface area (Å²) in [6, 6.07) is 3.26. The molecule has 0 fully saturated rings. The summed E-state index contributed by atoms with van der Waals surface area (Å²) in [5.74, 6) is -0.221. The number of phenols is 1. The summed E-state index contributed by atoms with van der Waals surface area (Å²) in [5, 5.41) is 10.4. The van der Waals surface area contributed by atoms with Crippen LogP contribution in [0.4, 0.5) is 0 Å². The van der Waals surface area contributed by atoms with E-state index in [1.54, 1.807) is 12.3 Å². The molecule has 1 aromatic heterocycles. The van der Waals surface area contributed by atoms with Crippen LogP contribution in [0, 0.1) is 6.92 Å². The van der Waals surface area contributed by atoms with Crippen LogP contribution in [0.15, 0.2) is 22.8 Å². The molecule has 0 unspecified atom stereocenters. The van der Waals surface area contributed by atoms with Gasteiger partial charge in [0.2, 0.25) is 0 Å². The monoisotopic (exact) mass is 190 g/mol. The fourth-order valence-electron chi connectivity index (χ4n) is 1.56. The van der Waals surface area contributed by atoms with E-state index >= 15 is 0 Å². The van der Waals surface area contributed by atoms with Crippen molar-refractivity contribution in [3.63, 3.8) is 0 Å². The first-order valence-corrected chi connectivity index (χ1v) is 4.32. The number of aromatic hydroxyl groups is 1. The Morgan fingerprint density at radius 1 is 1.43 bits per heavy atom. The van der Waals surface area contributed by atoms with Crippen LogP contribution >= 0.6 is 0 Å². The van der Waals surface area contributed by atoms with Crippen molar-refractivity contribution in [3.8, 4) is 5.75 Å². The molecule has 2 aromatic rings. The van der Waals surface area contributed by atoms with Crippen molar-refractivity contribution in [3.05, 3.63) is 29.5 Å². The van der Waals surface area contributed by atoms with Gasteiger partial charge in [-0.1, -0.05) is 0 Å². The fraction of sp³-hybridized carbons (Fsp3) is 0.182. The number of furan rings is 1. The first-order chi connectivity index (χ1) is 6.61. The Hall–Kier alpha value is -1.77. The topological polar surface area (TPSA) is 50.4 Å². The zero-order valence-electron chi connectivity index (χ0n) is 8.00. The number of hydrogen-bond donors (Lipinski definition) is 1. The minimum absolute atomic E-state index is 0.0284. The van der Waals surface area contributed by atoms with Crippen LogP contribution in [0.1, 0.15) is 22.8 Å². The Bertz CT molecular complexity index is 508. The van der Waals surface area contributed by atoms with E-state index in [0.717, 1.165) is 10.9 Å². The van der Waals surface area contributed by atoms with E-state index in [1.807, 2.05) is 6.92 Å². The summed E-state index contributed by atoms with van der Waals surface area (Å²) in [4.78, 5) is 11.3. The molecule has 0 saturated carbocycles. The predicted molar refractivity (Wildman–Crippen MR) is 52.6 cm³/mol. The van der Waals surface area contributed by atoms with Crippen molar-refractivity contribution < 1.29 is 14.3 Å². The van der Waals surface area contributed by atoms with Gasteiger partial charge in [-0.15, -0.1) is 0 Å². The summed E-state index contributed by atoms with van der Waals surface area (Å²) >= 11 is 0. The Balaban J connectivity index is 2.90. The van der Waals surface area contributed by atoms with Gasteiger partial charge < -0.3 is 9.52 Å². The zero-order chi connectivity index (χ0) is 10.3. The molecule has 0 aliphatic carbocycles. The molecule has 1 aromatic carbocycles. The average molecular weight is 190 g/mol. The van der Waals surface area contributed by atoms with E-state index in [9.17, 15) is 9.90 Å². The minimum Gasteiger partial charge on any atom is -0.507 e. The predicted octanol–water partition coefficient (Wildman–Crippen LogP) is 2.65. The molecule has 0 spiro atoms. The summed E-state index contributed by atoms with van der Waals surface area (Å²) in [5.41, 5.74) is 1.69. The van der Waals surface area contributed by atoms with Crippen LogP contribution < -0.4 is 0 Å². The lowest BCUT2D eigenvalue weighted by Crippen LogP contribution is -1.93. The quantitative estimate of drug-likeness (QED) is 0.703. The SMILES string of the molecule is CC(=O)c1c(O)ccc2c(C)coc12. The molecule has 0 bridgehead atoms. The molecule has 0 radical (unpaired) electrons. The Kier molecular flexibility index (Phi) is 1.81. The van der Waals surface area contributed by atoms with Crippen LogP contribution in [-0.2, 0) is 0 Å². The Labute approximate surface area is 81.0 Å². The lowest BCUT2D eigenvalue weighted by molar-refractivity contribution is 0.101. The highest BCUT2D eigenvalue weighted by molar-refractivity contribution is 6.07. The number of ketones is 1. The molecule has 2 rings (SSSR count). The van der Waals surface area contributed by atoms with E-state index in [2.05, 4.69) is 0 Å². The third-order valence-electron chi connectivity index (χ3n) is 2.27. The standard InChI is InChI=1S/C11H10O3/c1-6-5-14-11-8(6)3-4-9(13)10(11)7(2)12/h3-5,13H,1-2H3. The maximum Gasteiger partial charge on any atom is 0.167 e. The largest absolute Gasteiger partial charge is 0.507 e. The molecule has 3 nitrogen and oxygen atoms in total. The van der Waals surface area contributed by atoms with Crippen LogP contribution in [0.25, 0.3) is 11.0 Å². The molecule has 72 valence electrons. The van der Waals surface area contributed by atoms with E-state index in [-0.39, 0.29) is 17.1 Å². The third kappa shape index (κ3) is 1.09. The number of Topliss-reactive ketones (excluding diaryl/α,β-unsaturated/α-hetero) is 1. The highest BCUT2D eigenvalue weighted by Gasteiger charge is 2.15. The zero-order valence-corrected chi connectivity index (χ0v) is 8.00. The van der Waals surface area contributed by atoms with Gasteiger partial charge in [-0.3, -0.25) is 4.79 Å². The number of hydrogen-bond acceptors (Lipinski definition) is 3. The van der Waals surface area contributed by atoms with E-state index in [1.165, 1.54) is 13.0 Å². The molecule has 0 saturated heterocycles. The number of phenolic OH excluding ortho intramolecular Hbond substituents is 1. The fourth-order valence-corrected chi connectivity index (χ4v) is 1.56. The highest BCUT2D eigenvalue weighted by Crippen LogP contribution is 2.30. The van der Waals surface area contributed by atoms with Gasteiger partial charge in [0.05, 0.1) is 6.26 Å². The summed E-state index contributed by atoms with van der Waals surface area (Å²) in [6.45, 7) is 3.30. The Morgan fingerprint density at radius 2 is 2.14 bits per heavy atom. The van der Waals surface area contributed by atoms with E-state index < -0.39 is 0 Å². The molecular weight excluding hydrogens is 180 g/mol. The van der Waals surface area contributed by atoms with Gasteiger partial charge in [0.1, 0.15) is 16.9 Å². The minimum atomic E-state index is -0.192. The van der Waals surface area contributed by atoms with E-state index in [4.69, 9.17) is 4.42 Å². The molecule has 0 amide bonds. The van der Waals surface area contributed by atoms with Crippen LogP contribution in [-0.4, -0.2) is 10.9 Å². The summed E-state index contributed by atoms with van der Waals surface area (Å²) in [6.07, 6.45) is 1.58. The Morgan fingerprint density at radius 3 is 2.79 bits per heavy atom. The van der Waals surface area contributed by atoms with Crippen LogP contribution in [0.3, 0.4) is 0 Å². The van der Waals surface area contributed by atoms with Gasteiger partial charge in [-0.05, 0) is 31.5 Å². The van der Waals surface area contributed by atoms with Gasteiger partial charge in [-0.2, -0.15) is 0 Å². The lowest BCUT2D eigenvalue weighted by Gasteiger charge is -2.00. The molecular formula is C11H10O3. The molecule has 0 aliphatic rings. The van der Waals surface area contributed by atoms with Gasteiger partial charge in [0, 0.05) is 5.39 Å². The second-order valence-corrected chi connectivity index (χ2v) is 3.31. The first kappa shape index (κ1) is 8.81. The highest BCUT2D eigenvalue weighted by atomic mass is 16.3. The van der Waals surface area contributed by atoms with Crippen molar-refractivity contribution in [2.75, 3.05) is 0 Å². The van der Waals surface area contributed by atoms with Crippen LogP contribution in [0.5, 0.6) is 5.75 Å². The normalized spacial score (nSPS) is 10.7. The molecule has 14 heavy (non-hydrogen) atoms. The molecule has 3 heteroatoms. The average Bonchev–Trinajstić information content (AvgIpc) is 2.47. The number of carbonyl (C=O) groups excluding carboxylic acids is 1. The van der Waals surface area contributed by atoms with E-state index in [0.29, 0.717) is 5.58 Å². The van der Waals surface area contributed by atoms with Gasteiger partial charge in [0.15, 0.2) is 5.78 Å². The number of carbonyl (C=O) groups is 1. The van der Waals surface area contributed by atoms with Crippen molar-refractivity contribution in [1.82, 2.24) is 0 Å².